The van der Waals surface area contributed by atoms with Crippen molar-refractivity contribution < 1.29 is 9.53 Å². The number of halogens is 1. The van der Waals surface area contributed by atoms with Crippen LogP contribution in [0.1, 0.15) is 11.1 Å². The highest BCUT2D eigenvalue weighted by Gasteiger charge is 2.02. The lowest BCUT2D eigenvalue weighted by molar-refractivity contribution is -0.120. The van der Waals surface area contributed by atoms with E-state index >= 15 is 0 Å². The summed E-state index contributed by atoms with van der Waals surface area (Å²) in [5, 5.41) is 3.98. The first kappa shape index (κ1) is 15.5. The molecule has 0 unspecified atom stereocenters. The summed E-state index contributed by atoms with van der Waals surface area (Å²) < 4.78 is 6.16. The number of nitrogens with one attached hydrogen (secondary N) is 1. The normalized spacial score (nSPS) is 10.6. The fraction of sp³-hybridized carbons (Fsp3) is 0.125. The minimum absolute atomic E-state index is 0.151. The zero-order chi connectivity index (χ0) is 15.1. The third-order valence-corrected chi connectivity index (χ3v) is 3.80. The highest BCUT2D eigenvalue weighted by atomic mass is 127. The summed E-state index contributed by atoms with van der Waals surface area (Å²) in [6, 6.07) is 15.2. The van der Waals surface area contributed by atoms with Crippen molar-refractivity contribution in [1.82, 2.24) is 5.43 Å². The lowest BCUT2D eigenvalue weighted by Crippen LogP contribution is -2.19. The lowest BCUT2D eigenvalue weighted by atomic mass is 10.1. The minimum Gasteiger partial charge on any atom is -0.497 e. The topological polar surface area (TPSA) is 50.7 Å². The number of methoxy groups -OCH3 is 1. The number of hydrogen-bond acceptors (Lipinski definition) is 3. The molecule has 2 rings (SSSR count). The van der Waals surface area contributed by atoms with Crippen LogP contribution in [0.4, 0.5) is 0 Å². The quantitative estimate of drug-likeness (QED) is 0.482. The van der Waals surface area contributed by atoms with E-state index in [9.17, 15) is 4.79 Å². The van der Waals surface area contributed by atoms with Crippen molar-refractivity contribution in [3.05, 3.63) is 63.2 Å². The van der Waals surface area contributed by atoms with E-state index in [1.54, 1.807) is 13.3 Å². The van der Waals surface area contributed by atoms with Gasteiger partial charge in [0.05, 0.1) is 19.7 Å². The smallest absolute Gasteiger partial charge is 0.244 e. The number of hydrazone groups is 1. The van der Waals surface area contributed by atoms with Crippen molar-refractivity contribution >= 4 is 34.7 Å². The Labute approximate surface area is 137 Å². The molecule has 0 heterocycles. The lowest BCUT2D eigenvalue weighted by Gasteiger charge is -2.03. The van der Waals surface area contributed by atoms with Gasteiger partial charge >= 0.3 is 0 Å². The van der Waals surface area contributed by atoms with Gasteiger partial charge in [0.25, 0.3) is 0 Å². The molecular weight excluding hydrogens is 379 g/mol. The summed E-state index contributed by atoms with van der Waals surface area (Å²) >= 11 is 2.23. The minimum atomic E-state index is -0.151. The third-order valence-electron chi connectivity index (χ3n) is 2.82. The van der Waals surface area contributed by atoms with Gasteiger partial charge in [-0.2, -0.15) is 5.10 Å². The largest absolute Gasteiger partial charge is 0.497 e. The molecule has 2 aromatic rings. The molecule has 5 heteroatoms. The van der Waals surface area contributed by atoms with Gasteiger partial charge in [-0.15, -0.1) is 0 Å². The van der Waals surface area contributed by atoms with Crippen LogP contribution in [0.15, 0.2) is 53.6 Å². The first-order valence-electron chi connectivity index (χ1n) is 6.38. The standard InChI is InChI=1S/C16H15IN2O2/c1-21-14-8-6-12(7-9-14)10-16(20)19-18-11-13-4-2-3-5-15(13)17/h2-9,11H,10H2,1H3,(H,19,20)/b18-11+. The second-order valence-corrected chi connectivity index (χ2v) is 5.50. The van der Waals surface area contributed by atoms with Gasteiger partial charge in [-0.05, 0) is 46.4 Å². The van der Waals surface area contributed by atoms with Crippen LogP contribution in [0.2, 0.25) is 0 Å². The molecular formula is C16H15IN2O2. The Morgan fingerprint density at radius 2 is 1.95 bits per heavy atom. The number of amides is 1. The predicted molar refractivity (Wildman–Crippen MR) is 91.6 cm³/mol. The number of carbonyl (C=O) groups is 1. The van der Waals surface area contributed by atoms with Crippen LogP contribution < -0.4 is 10.2 Å². The molecule has 0 aliphatic carbocycles. The maximum absolute atomic E-state index is 11.8. The summed E-state index contributed by atoms with van der Waals surface area (Å²) in [7, 11) is 1.61. The SMILES string of the molecule is COc1ccc(CC(=O)N/N=C/c2ccccc2I)cc1. The van der Waals surface area contributed by atoms with Gasteiger partial charge in [0.15, 0.2) is 0 Å². The Kier molecular flexibility index (Phi) is 5.74. The summed E-state index contributed by atoms with van der Waals surface area (Å²) in [6.07, 6.45) is 1.93. The fourth-order valence-electron chi connectivity index (χ4n) is 1.72. The van der Waals surface area contributed by atoms with Gasteiger partial charge in [0, 0.05) is 9.13 Å². The van der Waals surface area contributed by atoms with Crippen molar-refractivity contribution in [1.29, 1.82) is 0 Å². The van der Waals surface area contributed by atoms with Crippen LogP contribution in [0, 0.1) is 3.57 Å². The molecule has 4 nitrogen and oxygen atoms in total. The summed E-state index contributed by atoms with van der Waals surface area (Å²) in [6.45, 7) is 0. The van der Waals surface area contributed by atoms with Crippen LogP contribution in [0.3, 0.4) is 0 Å². The van der Waals surface area contributed by atoms with Crippen molar-refractivity contribution in [3.8, 4) is 5.75 Å². The number of rotatable bonds is 5. The Morgan fingerprint density at radius 3 is 2.62 bits per heavy atom. The fourth-order valence-corrected chi connectivity index (χ4v) is 2.25. The summed E-state index contributed by atoms with van der Waals surface area (Å²) in [5.41, 5.74) is 4.42. The molecule has 0 fully saturated rings. The van der Waals surface area contributed by atoms with E-state index in [1.807, 2.05) is 48.5 Å². The first-order valence-corrected chi connectivity index (χ1v) is 7.46. The molecule has 0 bridgehead atoms. The maximum atomic E-state index is 11.8. The number of nitrogens with zero attached hydrogens (tertiary/aromatic N) is 1. The molecule has 0 atom stereocenters. The van der Waals surface area contributed by atoms with E-state index in [4.69, 9.17) is 4.74 Å². The maximum Gasteiger partial charge on any atom is 0.244 e. The molecule has 108 valence electrons. The average Bonchev–Trinajstić information content (AvgIpc) is 2.50. The van der Waals surface area contributed by atoms with Gasteiger partial charge in [-0.25, -0.2) is 5.43 Å². The summed E-state index contributed by atoms with van der Waals surface area (Å²) in [4.78, 5) is 11.8. The molecule has 0 radical (unpaired) electrons. The first-order chi connectivity index (χ1) is 10.2. The van der Waals surface area contributed by atoms with E-state index in [-0.39, 0.29) is 12.3 Å². The Morgan fingerprint density at radius 1 is 1.24 bits per heavy atom. The molecule has 0 saturated carbocycles. The summed E-state index contributed by atoms with van der Waals surface area (Å²) in [5.74, 6) is 0.623. The van der Waals surface area contributed by atoms with E-state index in [0.29, 0.717) is 0 Å². The van der Waals surface area contributed by atoms with Crippen molar-refractivity contribution in [2.75, 3.05) is 7.11 Å². The molecule has 1 N–H and O–H groups in total. The van der Waals surface area contributed by atoms with E-state index in [0.717, 1.165) is 20.4 Å². The molecule has 0 aliphatic rings. The van der Waals surface area contributed by atoms with E-state index in [2.05, 4.69) is 33.1 Å². The zero-order valence-corrected chi connectivity index (χ0v) is 13.7. The number of ether oxygens (including phenoxy) is 1. The van der Waals surface area contributed by atoms with Crippen LogP contribution in [-0.2, 0) is 11.2 Å². The van der Waals surface area contributed by atoms with Gasteiger partial charge in [-0.3, -0.25) is 4.79 Å². The second kappa shape index (κ2) is 7.78. The monoisotopic (exact) mass is 394 g/mol. The highest BCUT2D eigenvalue weighted by molar-refractivity contribution is 14.1. The van der Waals surface area contributed by atoms with Gasteiger partial charge in [0.1, 0.15) is 5.75 Å². The Hall–Kier alpha value is -1.89. The van der Waals surface area contributed by atoms with Crippen molar-refractivity contribution in [2.45, 2.75) is 6.42 Å². The Bertz CT molecular complexity index is 639. The number of benzene rings is 2. The number of hydrogen-bond donors (Lipinski definition) is 1. The van der Waals surface area contributed by atoms with Gasteiger partial charge in [-0.1, -0.05) is 30.3 Å². The van der Waals surface area contributed by atoms with E-state index in [1.165, 1.54) is 0 Å². The van der Waals surface area contributed by atoms with Gasteiger partial charge in [0.2, 0.25) is 5.91 Å². The molecule has 21 heavy (non-hydrogen) atoms. The van der Waals surface area contributed by atoms with Crippen LogP contribution in [-0.4, -0.2) is 19.2 Å². The van der Waals surface area contributed by atoms with Crippen molar-refractivity contribution in [3.63, 3.8) is 0 Å². The van der Waals surface area contributed by atoms with Crippen LogP contribution in [0.5, 0.6) is 5.75 Å². The van der Waals surface area contributed by atoms with Crippen LogP contribution >= 0.6 is 22.6 Å². The molecule has 1 amide bonds. The Balaban J connectivity index is 1.88. The molecule has 0 spiro atoms. The highest BCUT2D eigenvalue weighted by Crippen LogP contribution is 2.11. The predicted octanol–water partition coefficient (Wildman–Crippen LogP) is 2.99. The molecule has 0 aliphatic heterocycles. The molecule has 2 aromatic carbocycles. The third kappa shape index (κ3) is 4.86. The van der Waals surface area contributed by atoms with Gasteiger partial charge < -0.3 is 4.74 Å². The van der Waals surface area contributed by atoms with E-state index < -0.39 is 0 Å². The van der Waals surface area contributed by atoms with Crippen molar-refractivity contribution in [2.24, 2.45) is 5.10 Å². The average molecular weight is 394 g/mol. The molecule has 0 aromatic heterocycles. The molecule has 0 saturated heterocycles. The number of carbonyl (C=O) groups excluding carboxylic acids is 1. The second-order valence-electron chi connectivity index (χ2n) is 4.34. The van der Waals surface area contributed by atoms with Crippen LogP contribution in [0.25, 0.3) is 0 Å². The zero-order valence-electron chi connectivity index (χ0n) is 11.5.